The molecule has 20 heavy (non-hydrogen) atoms. The summed E-state index contributed by atoms with van der Waals surface area (Å²) in [5, 5.41) is 8.99. The molecule has 1 rings (SSSR count). The molecule has 0 radical (unpaired) electrons. The molecule has 0 amide bonds. The molecular formula is C13H20N2O4S. The summed E-state index contributed by atoms with van der Waals surface area (Å²) in [5.74, 6) is 0.236. The average molecular weight is 300 g/mol. The summed E-state index contributed by atoms with van der Waals surface area (Å²) in [4.78, 5) is 0.0486. The van der Waals surface area contributed by atoms with Gasteiger partial charge in [0.25, 0.3) is 0 Å². The Morgan fingerprint density at radius 3 is 2.70 bits per heavy atom. The molecule has 0 saturated heterocycles. The van der Waals surface area contributed by atoms with Crippen molar-refractivity contribution in [2.75, 3.05) is 26.8 Å². The summed E-state index contributed by atoms with van der Waals surface area (Å²) in [5.41, 5.74) is 6.30. The second kappa shape index (κ2) is 7.39. The largest absolute Gasteiger partial charge is 0.495 e. The minimum absolute atomic E-state index is 0.00382. The maximum absolute atomic E-state index is 12.5. The molecule has 0 bridgehead atoms. The maximum Gasteiger partial charge on any atom is 0.247 e. The van der Waals surface area contributed by atoms with Crippen LogP contribution in [0.2, 0.25) is 0 Å². The molecule has 0 aliphatic carbocycles. The Bertz CT molecular complexity index is 557. The van der Waals surface area contributed by atoms with Crippen LogP contribution in [0.25, 0.3) is 0 Å². The van der Waals surface area contributed by atoms with E-state index in [4.69, 9.17) is 15.6 Å². The molecular weight excluding hydrogens is 280 g/mol. The van der Waals surface area contributed by atoms with Gasteiger partial charge >= 0.3 is 0 Å². The van der Waals surface area contributed by atoms with Crippen LogP contribution in [0, 0.1) is 0 Å². The van der Waals surface area contributed by atoms with Gasteiger partial charge in [0.1, 0.15) is 10.6 Å². The summed E-state index contributed by atoms with van der Waals surface area (Å²) in [6, 6.07) is 4.70. The van der Waals surface area contributed by atoms with Gasteiger partial charge in [0, 0.05) is 19.6 Å². The lowest BCUT2D eigenvalue weighted by Gasteiger charge is -2.21. The van der Waals surface area contributed by atoms with E-state index in [1.807, 2.05) is 0 Å². The van der Waals surface area contributed by atoms with Crippen molar-refractivity contribution in [3.05, 3.63) is 36.4 Å². The third-order valence-electron chi connectivity index (χ3n) is 2.76. The van der Waals surface area contributed by atoms with Crippen LogP contribution in [0.1, 0.15) is 5.56 Å². The summed E-state index contributed by atoms with van der Waals surface area (Å²) in [6.45, 7) is 3.66. The van der Waals surface area contributed by atoms with Gasteiger partial charge < -0.3 is 15.6 Å². The number of methoxy groups -OCH3 is 1. The molecule has 0 aliphatic heterocycles. The Morgan fingerprint density at radius 1 is 1.50 bits per heavy atom. The first-order chi connectivity index (χ1) is 9.51. The molecule has 0 aliphatic rings. The van der Waals surface area contributed by atoms with Gasteiger partial charge in [-0.25, -0.2) is 8.42 Å². The van der Waals surface area contributed by atoms with E-state index in [9.17, 15) is 8.42 Å². The number of aliphatic hydroxyl groups excluding tert-OH is 1. The fourth-order valence-corrected chi connectivity index (χ4v) is 3.29. The van der Waals surface area contributed by atoms with Gasteiger partial charge in [-0.05, 0) is 17.7 Å². The molecule has 3 N–H and O–H groups in total. The van der Waals surface area contributed by atoms with Gasteiger partial charge in [-0.2, -0.15) is 4.31 Å². The molecule has 0 aromatic heterocycles. The number of hydrogen-bond acceptors (Lipinski definition) is 5. The molecule has 112 valence electrons. The minimum Gasteiger partial charge on any atom is -0.495 e. The Morgan fingerprint density at radius 2 is 2.20 bits per heavy atom. The number of hydrogen-bond donors (Lipinski definition) is 2. The van der Waals surface area contributed by atoms with Crippen LogP contribution in [0.4, 0.5) is 0 Å². The van der Waals surface area contributed by atoms with Gasteiger partial charge in [0.05, 0.1) is 13.7 Å². The van der Waals surface area contributed by atoms with Crippen molar-refractivity contribution in [3.63, 3.8) is 0 Å². The normalized spacial score (nSPS) is 11.6. The van der Waals surface area contributed by atoms with Crippen molar-refractivity contribution >= 4 is 10.0 Å². The lowest BCUT2D eigenvalue weighted by molar-refractivity contribution is 0.260. The Balaban J connectivity index is 3.28. The summed E-state index contributed by atoms with van der Waals surface area (Å²) in [6.07, 6.45) is 1.47. The number of aliphatic hydroxyl groups is 1. The molecule has 0 atom stereocenters. The van der Waals surface area contributed by atoms with Gasteiger partial charge in [-0.15, -0.1) is 6.58 Å². The van der Waals surface area contributed by atoms with Crippen molar-refractivity contribution in [3.8, 4) is 5.75 Å². The van der Waals surface area contributed by atoms with E-state index >= 15 is 0 Å². The van der Waals surface area contributed by atoms with E-state index in [1.165, 1.54) is 19.3 Å². The van der Waals surface area contributed by atoms with Crippen molar-refractivity contribution in [1.29, 1.82) is 0 Å². The molecule has 0 spiro atoms. The van der Waals surface area contributed by atoms with Crippen LogP contribution >= 0.6 is 0 Å². The first kappa shape index (κ1) is 16.6. The van der Waals surface area contributed by atoms with Crippen LogP contribution in [0.3, 0.4) is 0 Å². The number of benzene rings is 1. The highest BCUT2D eigenvalue weighted by Crippen LogP contribution is 2.27. The number of sulfonamides is 1. The smallest absolute Gasteiger partial charge is 0.247 e. The van der Waals surface area contributed by atoms with E-state index in [1.54, 1.807) is 12.1 Å². The third kappa shape index (κ3) is 3.57. The molecule has 0 heterocycles. The van der Waals surface area contributed by atoms with Crippen LogP contribution in [-0.2, 0) is 16.6 Å². The van der Waals surface area contributed by atoms with Crippen LogP contribution in [0.5, 0.6) is 5.75 Å². The van der Waals surface area contributed by atoms with Crippen molar-refractivity contribution in [1.82, 2.24) is 4.31 Å². The molecule has 7 heteroatoms. The van der Waals surface area contributed by atoms with Crippen molar-refractivity contribution in [2.45, 2.75) is 11.4 Å². The lowest BCUT2D eigenvalue weighted by atomic mass is 10.2. The maximum atomic E-state index is 12.5. The zero-order valence-electron chi connectivity index (χ0n) is 11.4. The number of rotatable bonds is 8. The molecule has 1 aromatic rings. The van der Waals surface area contributed by atoms with E-state index in [0.29, 0.717) is 6.54 Å². The minimum atomic E-state index is -3.76. The van der Waals surface area contributed by atoms with E-state index < -0.39 is 10.0 Å². The standard InChI is InChI=1S/C13H20N2O4S/c1-3-6-15(7-8-16)20(17,18)13-5-4-11(10-14)9-12(13)19-2/h3-5,9,16H,1,6-8,10,14H2,2H3. The van der Waals surface area contributed by atoms with Crippen molar-refractivity contribution in [2.24, 2.45) is 5.73 Å². The van der Waals surface area contributed by atoms with E-state index in [-0.39, 0.29) is 30.3 Å². The fourth-order valence-electron chi connectivity index (χ4n) is 1.76. The molecule has 0 fully saturated rings. The first-order valence-corrected chi connectivity index (χ1v) is 7.54. The molecule has 6 nitrogen and oxygen atoms in total. The Hall–Kier alpha value is -1.41. The molecule has 0 unspecified atom stereocenters. The number of ether oxygens (including phenoxy) is 1. The predicted molar refractivity (Wildman–Crippen MR) is 76.9 cm³/mol. The summed E-state index contributed by atoms with van der Waals surface area (Å²) >= 11 is 0. The SMILES string of the molecule is C=CCN(CCO)S(=O)(=O)c1ccc(CN)cc1OC. The highest BCUT2D eigenvalue weighted by Gasteiger charge is 2.26. The molecule has 1 aromatic carbocycles. The van der Waals surface area contributed by atoms with Gasteiger partial charge in [0.2, 0.25) is 10.0 Å². The quantitative estimate of drug-likeness (QED) is 0.675. The fraction of sp³-hybridized carbons (Fsp3) is 0.385. The first-order valence-electron chi connectivity index (χ1n) is 6.10. The Kier molecular flexibility index (Phi) is 6.15. The summed E-state index contributed by atoms with van der Waals surface area (Å²) < 4.78 is 31.4. The monoisotopic (exact) mass is 300 g/mol. The second-order valence-electron chi connectivity index (χ2n) is 4.06. The Labute approximate surface area is 119 Å². The van der Waals surface area contributed by atoms with E-state index in [0.717, 1.165) is 9.87 Å². The predicted octanol–water partition coefficient (Wildman–Crippen LogP) is 0.323. The summed E-state index contributed by atoms with van der Waals surface area (Å²) in [7, 11) is -2.36. The lowest BCUT2D eigenvalue weighted by Crippen LogP contribution is -2.34. The zero-order valence-corrected chi connectivity index (χ0v) is 12.3. The van der Waals surface area contributed by atoms with Crippen LogP contribution in [0.15, 0.2) is 35.7 Å². The van der Waals surface area contributed by atoms with Gasteiger partial charge in [0.15, 0.2) is 0 Å². The third-order valence-corrected chi connectivity index (χ3v) is 4.67. The van der Waals surface area contributed by atoms with Gasteiger partial charge in [-0.3, -0.25) is 0 Å². The van der Waals surface area contributed by atoms with Crippen LogP contribution < -0.4 is 10.5 Å². The van der Waals surface area contributed by atoms with Crippen molar-refractivity contribution < 1.29 is 18.3 Å². The van der Waals surface area contributed by atoms with Crippen LogP contribution in [-0.4, -0.2) is 44.6 Å². The zero-order chi connectivity index (χ0) is 15.2. The second-order valence-corrected chi connectivity index (χ2v) is 5.97. The number of nitrogens with zero attached hydrogens (tertiary/aromatic N) is 1. The highest BCUT2D eigenvalue weighted by atomic mass is 32.2. The molecule has 0 saturated carbocycles. The van der Waals surface area contributed by atoms with E-state index in [2.05, 4.69) is 6.58 Å². The van der Waals surface area contributed by atoms with Gasteiger partial charge in [-0.1, -0.05) is 12.1 Å². The topological polar surface area (TPSA) is 92.9 Å². The number of nitrogens with two attached hydrogens (primary N) is 1. The highest BCUT2D eigenvalue weighted by molar-refractivity contribution is 7.89. The average Bonchev–Trinajstić information content (AvgIpc) is 2.46.